The molecule has 0 saturated carbocycles. The van der Waals surface area contributed by atoms with Crippen LogP contribution in [0, 0.1) is 0 Å². The molecule has 5 rings (SSSR count). The molecule has 1 aromatic heterocycles. The molecule has 0 spiro atoms. The Labute approximate surface area is 164 Å². The van der Waals surface area contributed by atoms with Crippen molar-refractivity contribution >= 4 is 33.4 Å². The van der Waals surface area contributed by atoms with Crippen LogP contribution in [0.25, 0.3) is 21.7 Å². The number of anilines is 1. The van der Waals surface area contributed by atoms with Gasteiger partial charge in [0.05, 0.1) is 5.52 Å². The SMILES string of the molecule is O=C(c1cccc2ccccc12)N1CCN(c2ccc3ccccc3n2)CC1. The lowest BCUT2D eigenvalue weighted by Gasteiger charge is -2.35. The minimum Gasteiger partial charge on any atom is -0.353 e. The summed E-state index contributed by atoms with van der Waals surface area (Å²) in [5.41, 5.74) is 1.80. The average Bonchev–Trinajstić information content (AvgIpc) is 2.78. The molecule has 0 N–H and O–H groups in total. The largest absolute Gasteiger partial charge is 0.353 e. The van der Waals surface area contributed by atoms with Crippen LogP contribution in [0.3, 0.4) is 0 Å². The lowest BCUT2D eigenvalue weighted by atomic mass is 10.0. The highest BCUT2D eigenvalue weighted by atomic mass is 16.2. The van der Waals surface area contributed by atoms with Gasteiger partial charge in [0.2, 0.25) is 0 Å². The summed E-state index contributed by atoms with van der Waals surface area (Å²) < 4.78 is 0. The van der Waals surface area contributed by atoms with Gasteiger partial charge in [-0.3, -0.25) is 4.79 Å². The van der Waals surface area contributed by atoms with Crippen LogP contribution in [-0.2, 0) is 0 Å². The molecule has 138 valence electrons. The Balaban J connectivity index is 1.34. The number of hydrogen-bond acceptors (Lipinski definition) is 3. The Morgan fingerprint density at radius 1 is 0.714 bits per heavy atom. The highest BCUT2D eigenvalue weighted by molar-refractivity contribution is 6.07. The molecule has 0 atom stereocenters. The van der Waals surface area contributed by atoms with Gasteiger partial charge in [-0.25, -0.2) is 4.98 Å². The summed E-state index contributed by atoms with van der Waals surface area (Å²) in [5, 5.41) is 3.27. The highest BCUT2D eigenvalue weighted by Gasteiger charge is 2.24. The number of carbonyl (C=O) groups excluding carboxylic acids is 1. The zero-order valence-corrected chi connectivity index (χ0v) is 15.6. The van der Waals surface area contributed by atoms with Crippen LogP contribution in [0.1, 0.15) is 10.4 Å². The zero-order chi connectivity index (χ0) is 18.9. The van der Waals surface area contributed by atoms with E-state index in [-0.39, 0.29) is 5.91 Å². The van der Waals surface area contributed by atoms with E-state index in [1.165, 1.54) is 0 Å². The van der Waals surface area contributed by atoms with E-state index in [0.29, 0.717) is 13.1 Å². The summed E-state index contributed by atoms with van der Waals surface area (Å²) in [7, 11) is 0. The van der Waals surface area contributed by atoms with E-state index in [4.69, 9.17) is 4.98 Å². The van der Waals surface area contributed by atoms with Crippen molar-refractivity contribution in [3.63, 3.8) is 0 Å². The number of benzene rings is 3. The number of carbonyl (C=O) groups is 1. The van der Waals surface area contributed by atoms with Crippen molar-refractivity contribution in [2.45, 2.75) is 0 Å². The van der Waals surface area contributed by atoms with Crippen molar-refractivity contribution in [1.82, 2.24) is 9.88 Å². The topological polar surface area (TPSA) is 36.4 Å². The molecular weight excluding hydrogens is 346 g/mol. The maximum absolute atomic E-state index is 13.1. The molecule has 2 heterocycles. The molecule has 28 heavy (non-hydrogen) atoms. The Bertz CT molecular complexity index is 1160. The molecule has 1 saturated heterocycles. The second-order valence-electron chi connectivity index (χ2n) is 7.17. The molecule has 0 aliphatic carbocycles. The molecule has 1 fully saturated rings. The quantitative estimate of drug-likeness (QED) is 0.528. The molecule has 0 unspecified atom stereocenters. The van der Waals surface area contributed by atoms with Crippen LogP contribution >= 0.6 is 0 Å². The summed E-state index contributed by atoms with van der Waals surface area (Å²) >= 11 is 0. The van der Waals surface area contributed by atoms with Crippen LogP contribution in [0.2, 0.25) is 0 Å². The second-order valence-corrected chi connectivity index (χ2v) is 7.17. The number of aromatic nitrogens is 1. The fourth-order valence-electron chi connectivity index (χ4n) is 3.95. The van der Waals surface area contributed by atoms with Crippen molar-refractivity contribution in [1.29, 1.82) is 0 Å². The number of hydrogen-bond donors (Lipinski definition) is 0. The molecule has 1 aliphatic heterocycles. The lowest BCUT2D eigenvalue weighted by molar-refractivity contribution is 0.0748. The van der Waals surface area contributed by atoms with E-state index in [9.17, 15) is 4.79 Å². The first-order valence-electron chi connectivity index (χ1n) is 9.67. The number of para-hydroxylation sites is 1. The van der Waals surface area contributed by atoms with Crippen LogP contribution in [0.4, 0.5) is 5.82 Å². The van der Waals surface area contributed by atoms with E-state index in [1.54, 1.807) is 0 Å². The first-order chi connectivity index (χ1) is 13.8. The molecular formula is C24H21N3O. The van der Waals surface area contributed by atoms with E-state index in [1.807, 2.05) is 53.4 Å². The highest BCUT2D eigenvalue weighted by Crippen LogP contribution is 2.22. The third kappa shape index (κ3) is 2.97. The summed E-state index contributed by atoms with van der Waals surface area (Å²) in [6, 6.07) is 26.4. The van der Waals surface area contributed by atoms with Gasteiger partial charge in [0.1, 0.15) is 5.82 Å². The van der Waals surface area contributed by atoms with Crippen LogP contribution in [-0.4, -0.2) is 42.0 Å². The minimum absolute atomic E-state index is 0.114. The van der Waals surface area contributed by atoms with Gasteiger partial charge >= 0.3 is 0 Å². The molecule has 0 bridgehead atoms. The maximum atomic E-state index is 13.1. The van der Waals surface area contributed by atoms with E-state index >= 15 is 0 Å². The fourth-order valence-corrected chi connectivity index (χ4v) is 3.95. The Morgan fingerprint density at radius 2 is 1.43 bits per heavy atom. The van der Waals surface area contributed by atoms with Gasteiger partial charge in [-0.05, 0) is 35.0 Å². The molecule has 1 aliphatic rings. The predicted octanol–water partition coefficient (Wildman–Crippen LogP) is 4.35. The first kappa shape index (κ1) is 16.8. The summed E-state index contributed by atoms with van der Waals surface area (Å²) in [5.74, 6) is 1.10. The molecule has 4 nitrogen and oxygen atoms in total. The normalized spacial score (nSPS) is 14.6. The van der Waals surface area contributed by atoms with Gasteiger partial charge < -0.3 is 9.80 Å². The molecule has 4 aromatic rings. The van der Waals surface area contributed by atoms with E-state index < -0.39 is 0 Å². The average molecular weight is 367 g/mol. The van der Waals surface area contributed by atoms with E-state index in [2.05, 4.69) is 35.2 Å². The number of piperazine rings is 1. The molecule has 0 radical (unpaired) electrons. The first-order valence-corrected chi connectivity index (χ1v) is 9.67. The zero-order valence-electron chi connectivity index (χ0n) is 15.6. The van der Waals surface area contributed by atoms with Crippen LogP contribution in [0.15, 0.2) is 78.9 Å². The van der Waals surface area contributed by atoms with Gasteiger partial charge in [-0.1, -0.05) is 54.6 Å². The summed E-state index contributed by atoms with van der Waals surface area (Å²) in [4.78, 5) is 22.1. The van der Waals surface area contributed by atoms with Crippen molar-refractivity contribution in [3.05, 3.63) is 84.4 Å². The Morgan fingerprint density at radius 3 is 2.29 bits per heavy atom. The van der Waals surface area contributed by atoms with Crippen molar-refractivity contribution < 1.29 is 4.79 Å². The van der Waals surface area contributed by atoms with E-state index in [0.717, 1.165) is 46.1 Å². The number of amides is 1. The smallest absolute Gasteiger partial charge is 0.254 e. The standard InChI is InChI=1S/C24H21N3O/c28-24(21-10-5-8-18-6-1-3-9-20(18)21)27-16-14-26(15-17-27)23-13-12-19-7-2-4-11-22(19)25-23/h1-13H,14-17H2. The van der Waals surface area contributed by atoms with Gasteiger partial charge in [0, 0.05) is 37.1 Å². The molecule has 1 amide bonds. The third-order valence-electron chi connectivity index (χ3n) is 5.49. The number of rotatable bonds is 2. The number of fused-ring (bicyclic) bond motifs is 2. The summed E-state index contributed by atoms with van der Waals surface area (Å²) in [6.45, 7) is 3.00. The lowest BCUT2D eigenvalue weighted by Crippen LogP contribution is -2.49. The molecule has 3 aromatic carbocycles. The van der Waals surface area contributed by atoms with Crippen molar-refractivity contribution in [2.24, 2.45) is 0 Å². The van der Waals surface area contributed by atoms with Crippen LogP contribution < -0.4 is 4.90 Å². The van der Waals surface area contributed by atoms with Crippen molar-refractivity contribution in [2.75, 3.05) is 31.1 Å². The number of pyridine rings is 1. The fraction of sp³-hybridized carbons (Fsp3) is 0.167. The van der Waals surface area contributed by atoms with Gasteiger partial charge in [0.15, 0.2) is 0 Å². The van der Waals surface area contributed by atoms with Gasteiger partial charge in [0.25, 0.3) is 5.91 Å². The van der Waals surface area contributed by atoms with Gasteiger partial charge in [-0.15, -0.1) is 0 Å². The van der Waals surface area contributed by atoms with Gasteiger partial charge in [-0.2, -0.15) is 0 Å². The van der Waals surface area contributed by atoms with Crippen molar-refractivity contribution in [3.8, 4) is 0 Å². The Kier molecular flexibility index (Phi) is 4.17. The van der Waals surface area contributed by atoms with Crippen LogP contribution in [0.5, 0.6) is 0 Å². The maximum Gasteiger partial charge on any atom is 0.254 e. The second kappa shape index (κ2) is 6.97. The third-order valence-corrected chi connectivity index (χ3v) is 5.49. The summed E-state index contributed by atoms with van der Waals surface area (Å²) in [6.07, 6.45) is 0. The number of nitrogens with zero attached hydrogens (tertiary/aromatic N) is 3. The Hall–Kier alpha value is -3.40. The molecule has 4 heteroatoms. The monoisotopic (exact) mass is 367 g/mol. The predicted molar refractivity (Wildman–Crippen MR) is 114 cm³/mol. The minimum atomic E-state index is 0.114.